The van der Waals surface area contributed by atoms with E-state index in [0.29, 0.717) is 18.9 Å². The minimum Gasteiger partial charge on any atom is -0.347 e. The molecule has 1 aromatic rings. The normalized spacial score (nSPS) is 21.3. The van der Waals surface area contributed by atoms with E-state index in [1.807, 2.05) is 25.1 Å². The lowest BCUT2D eigenvalue weighted by molar-refractivity contribution is -0.140. The molecule has 4 amide bonds. The van der Waals surface area contributed by atoms with Crippen LogP contribution in [0.1, 0.15) is 64.9 Å². The number of nitrogens with one attached hydrogen (secondary N) is 3. The van der Waals surface area contributed by atoms with Gasteiger partial charge >= 0.3 is 0 Å². The van der Waals surface area contributed by atoms with Crippen LogP contribution in [0.3, 0.4) is 0 Å². The number of halogens is 2. The zero-order valence-corrected chi connectivity index (χ0v) is 28.5. The maximum absolute atomic E-state index is 12.7. The number of nitrogens with zero attached hydrogens (tertiary/aromatic N) is 2. The Kier molecular flexibility index (Phi) is 15.0. The molecule has 0 aromatic heterocycles. The van der Waals surface area contributed by atoms with Crippen LogP contribution in [0.4, 0.5) is 0 Å². The highest BCUT2D eigenvalue weighted by molar-refractivity contribution is 9.10. The molecule has 1 spiro atoms. The Bertz CT molecular complexity index is 1140. The molecule has 2 fully saturated rings. The molecule has 1 aliphatic heterocycles. The van der Waals surface area contributed by atoms with Crippen LogP contribution in [0.5, 0.6) is 0 Å². The minimum absolute atomic E-state index is 0.0829. The maximum atomic E-state index is 12.7. The van der Waals surface area contributed by atoms with Crippen molar-refractivity contribution in [2.75, 3.05) is 33.8 Å². The van der Waals surface area contributed by atoms with E-state index >= 15 is 0 Å². The van der Waals surface area contributed by atoms with Crippen molar-refractivity contribution in [2.24, 2.45) is 11.8 Å². The lowest BCUT2D eigenvalue weighted by Gasteiger charge is -2.27. The lowest BCUT2D eigenvalue weighted by atomic mass is 10.1. The number of carbonyl (C=O) groups is 4. The van der Waals surface area contributed by atoms with E-state index in [0.717, 1.165) is 41.1 Å². The van der Waals surface area contributed by atoms with Gasteiger partial charge in [0.25, 0.3) is 0 Å². The van der Waals surface area contributed by atoms with Crippen molar-refractivity contribution in [3.05, 3.63) is 45.5 Å². The highest BCUT2D eigenvalue weighted by Gasteiger charge is 2.44. The first-order chi connectivity index (χ1) is 20.2. The van der Waals surface area contributed by atoms with Crippen LogP contribution < -0.4 is 16.1 Å². The summed E-state index contributed by atoms with van der Waals surface area (Å²) in [6.07, 6.45) is 7.72. The predicted molar refractivity (Wildman–Crippen MR) is 172 cm³/mol. The van der Waals surface area contributed by atoms with Crippen molar-refractivity contribution >= 4 is 51.2 Å². The summed E-state index contributed by atoms with van der Waals surface area (Å²) in [4.78, 5) is 57.9. The summed E-state index contributed by atoms with van der Waals surface area (Å²) in [6, 6.07) is 4.99. The van der Waals surface area contributed by atoms with Gasteiger partial charge in [-0.3, -0.25) is 29.5 Å². The van der Waals surface area contributed by atoms with E-state index < -0.39 is 17.5 Å². The molecule has 4 rings (SSSR count). The Morgan fingerprint density at radius 1 is 1.21 bits per heavy atom. The lowest BCUT2D eigenvalue weighted by Crippen LogP contribution is -2.51. The third-order valence-electron chi connectivity index (χ3n) is 6.90. The van der Waals surface area contributed by atoms with Gasteiger partial charge < -0.3 is 20.4 Å². The van der Waals surface area contributed by atoms with Crippen molar-refractivity contribution in [3.63, 3.8) is 0 Å². The van der Waals surface area contributed by atoms with Gasteiger partial charge in [-0.2, -0.15) is 0 Å². The molecule has 1 atom stereocenters. The van der Waals surface area contributed by atoms with Crippen LogP contribution >= 0.6 is 27.5 Å². The molecule has 10 nitrogen and oxygen atoms in total. The molecule has 1 unspecified atom stereocenters. The van der Waals surface area contributed by atoms with Crippen LogP contribution in [-0.2, 0) is 24.0 Å². The van der Waals surface area contributed by atoms with Gasteiger partial charge in [-0.15, -0.1) is 0 Å². The van der Waals surface area contributed by atoms with Crippen molar-refractivity contribution < 1.29 is 24.0 Å². The van der Waals surface area contributed by atoms with Gasteiger partial charge in [-0.25, -0.2) is 0 Å². The minimum atomic E-state index is -0.738. The number of hydroxylamine groups is 1. The topological polar surface area (TPSA) is 120 Å². The van der Waals surface area contributed by atoms with Crippen LogP contribution in [0.15, 0.2) is 34.9 Å². The average molecular weight is 685 g/mol. The number of hydrogen-bond donors (Lipinski definition) is 3. The summed E-state index contributed by atoms with van der Waals surface area (Å²) in [7, 11) is 3.13. The number of carbonyl (C=O) groups excluding carboxylic acids is 4. The third kappa shape index (κ3) is 14.1. The largest absolute Gasteiger partial charge is 0.347 e. The Hall–Kier alpha value is -2.63. The van der Waals surface area contributed by atoms with Crippen molar-refractivity contribution in [1.29, 1.82) is 0 Å². The molecule has 0 saturated heterocycles. The summed E-state index contributed by atoms with van der Waals surface area (Å²) in [5, 5.41) is 6.30. The first kappa shape index (κ1) is 36.6. The standard InChI is InChI=1S/C20H31N5O5.C7H6BrCl.C4H10/c1-24-12-16(26)23-20(7-8-20)13-30-22-9-3-4-15(19(29)21-11-18(24)28)25(2)17(27)10-14-5-6-14;1-5-4-6(9)2-3-7(5)8;1-4(2)3/h3,9,14-15,22H,4-8,10-13H2,1-2H3,(H,21,29)(H,23,26);2-4H,1H3;4H,1-3H3/b9-3+;;. The Morgan fingerprint density at radius 2 is 1.86 bits per heavy atom. The number of amides is 4. The molecule has 2 saturated carbocycles. The first-order valence-electron chi connectivity index (χ1n) is 14.8. The number of benzene rings is 1. The molecule has 240 valence electrons. The Labute approximate surface area is 269 Å². The molecule has 12 heteroatoms. The van der Waals surface area contributed by atoms with Gasteiger partial charge in [0.05, 0.1) is 25.2 Å². The summed E-state index contributed by atoms with van der Waals surface area (Å²) < 4.78 is 1.10. The second-order valence-corrected chi connectivity index (χ2v) is 13.4. The molecule has 3 aliphatic rings. The molecule has 3 N–H and O–H groups in total. The van der Waals surface area contributed by atoms with Crippen LogP contribution in [0.25, 0.3) is 0 Å². The predicted octanol–water partition coefficient (Wildman–Crippen LogP) is 4.35. The molecular weight excluding hydrogens is 638 g/mol. The number of likely N-dealkylation sites (N-methyl/N-ethyl adjacent to an activating group) is 2. The number of aryl methyl sites for hydroxylation is 1. The highest BCUT2D eigenvalue weighted by atomic mass is 79.9. The fourth-order valence-corrected chi connectivity index (χ4v) is 4.39. The Morgan fingerprint density at radius 3 is 2.42 bits per heavy atom. The number of rotatable bonds is 3. The van der Waals surface area contributed by atoms with Crippen molar-refractivity contribution in [1.82, 2.24) is 25.9 Å². The van der Waals surface area contributed by atoms with Gasteiger partial charge in [0, 0.05) is 36.2 Å². The van der Waals surface area contributed by atoms with E-state index in [9.17, 15) is 19.2 Å². The van der Waals surface area contributed by atoms with Gasteiger partial charge in [-0.05, 0) is 74.6 Å². The molecule has 43 heavy (non-hydrogen) atoms. The highest BCUT2D eigenvalue weighted by Crippen LogP contribution is 2.35. The second-order valence-electron chi connectivity index (χ2n) is 12.1. The van der Waals surface area contributed by atoms with Gasteiger partial charge in [0.2, 0.25) is 23.6 Å². The van der Waals surface area contributed by atoms with Gasteiger partial charge in [0.15, 0.2) is 0 Å². The first-order valence-corrected chi connectivity index (χ1v) is 15.9. The summed E-state index contributed by atoms with van der Waals surface area (Å²) in [5.74, 6) is 0.0950. The zero-order chi connectivity index (χ0) is 32.2. The van der Waals surface area contributed by atoms with E-state index in [1.165, 1.54) is 22.4 Å². The third-order valence-corrected chi connectivity index (χ3v) is 8.02. The van der Waals surface area contributed by atoms with Crippen LogP contribution in [0, 0.1) is 18.8 Å². The zero-order valence-electron chi connectivity index (χ0n) is 26.2. The SMILES string of the molecule is CC(C)C.CN1CC(=O)NC2(CC2)CON/C=C/CC(N(C)C(=O)CC2CC2)C(=O)NCC1=O.Cc1cc(Cl)ccc1Br. The average Bonchev–Trinajstić information content (AvgIpc) is 3.86. The summed E-state index contributed by atoms with van der Waals surface area (Å²) in [5.41, 5.74) is 3.48. The molecule has 1 aromatic carbocycles. The van der Waals surface area contributed by atoms with E-state index in [-0.39, 0.29) is 37.2 Å². The quantitative estimate of drug-likeness (QED) is 0.436. The van der Waals surface area contributed by atoms with Crippen LogP contribution in [0.2, 0.25) is 5.02 Å². The molecule has 2 aliphatic carbocycles. The van der Waals surface area contributed by atoms with E-state index in [4.69, 9.17) is 16.4 Å². The second kappa shape index (κ2) is 17.6. The van der Waals surface area contributed by atoms with E-state index in [2.05, 4.69) is 52.8 Å². The monoisotopic (exact) mass is 683 g/mol. The molecule has 0 radical (unpaired) electrons. The maximum Gasteiger partial charge on any atom is 0.243 e. The fraction of sp³-hybridized carbons (Fsp3) is 0.613. The van der Waals surface area contributed by atoms with Crippen LogP contribution in [-0.4, -0.2) is 78.8 Å². The van der Waals surface area contributed by atoms with Gasteiger partial charge in [-0.1, -0.05) is 54.4 Å². The fourth-order valence-electron chi connectivity index (χ4n) is 3.92. The summed E-state index contributed by atoms with van der Waals surface area (Å²) >= 11 is 9.07. The number of hydrogen-bond acceptors (Lipinski definition) is 6. The molecule has 0 bridgehead atoms. The van der Waals surface area contributed by atoms with Gasteiger partial charge in [0.1, 0.15) is 6.04 Å². The molecule has 1 heterocycles. The molecular formula is C31H47BrClN5O5. The van der Waals surface area contributed by atoms with Crippen molar-refractivity contribution in [3.8, 4) is 0 Å². The van der Waals surface area contributed by atoms with E-state index in [1.54, 1.807) is 19.3 Å². The summed E-state index contributed by atoms with van der Waals surface area (Å²) in [6.45, 7) is 8.47. The smallest absolute Gasteiger partial charge is 0.243 e. The van der Waals surface area contributed by atoms with Crippen molar-refractivity contribution in [2.45, 2.75) is 77.8 Å². The Balaban J connectivity index is 0.000000411.